The molecule has 2 N–H and O–H groups in total. The van der Waals surface area contributed by atoms with Crippen molar-refractivity contribution in [1.29, 1.82) is 0 Å². The van der Waals surface area contributed by atoms with Gasteiger partial charge < -0.3 is 20.3 Å². The molecule has 1 aliphatic heterocycles. The fourth-order valence-corrected chi connectivity index (χ4v) is 4.75. The first-order chi connectivity index (χ1) is 17.0. The maximum Gasteiger partial charge on any atom is 0.257 e. The minimum absolute atomic E-state index is 0.0263. The first-order valence-corrected chi connectivity index (χ1v) is 12.4. The maximum absolute atomic E-state index is 13.0. The second-order valence-electron chi connectivity index (χ2n) is 7.93. The minimum atomic E-state index is -0.261. The van der Waals surface area contributed by atoms with Gasteiger partial charge in [0, 0.05) is 29.4 Å². The van der Waals surface area contributed by atoms with Gasteiger partial charge in [0.1, 0.15) is 5.75 Å². The third kappa shape index (κ3) is 6.22. The van der Waals surface area contributed by atoms with Crippen LogP contribution < -0.4 is 20.3 Å². The van der Waals surface area contributed by atoms with Crippen molar-refractivity contribution < 1.29 is 19.1 Å². The monoisotopic (exact) mass is 489 g/mol. The lowest BCUT2D eigenvalue weighted by atomic mass is 10.2. The number of benzene rings is 3. The van der Waals surface area contributed by atoms with Crippen LogP contribution in [0.15, 0.2) is 77.7 Å². The molecule has 0 saturated heterocycles. The highest BCUT2D eigenvalue weighted by molar-refractivity contribution is 8.00. The summed E-state index contributed by atoms with van der Waals surface area (Å²) >= 11 is 1.36. The van der Waals surface area contributed by atoms with Gasteiger partial charge in [0.25, 0.3) is 11.8 Å². The van der Waals surface area contributed by atoms with Crippen LogP contribution in [0.25, 0.3) is 0 Å². The van der Waals surface area contributed by atoms with Crippen molar-refractivity contribution in [3.05, 3.63) is 83.9 Å². The van der Waals surface area contributed by atoms with Crippen LogP contribution in [0.1, 0.15) is 22.8 Å². The first-order valence-electron chi connectivity index (χ1n) is 11.5. The molecule has 1 aliphatic rings. The number of rotatable bonds is 9. The number of likely N-dealkylation sites (N-methyl/N-ethyl adjacent to an activating group) is 1. The molecule has 0 unspecified atom stereocenters. The summed E-state index contributed by atoms with van der Waals surface area (Å²) in [7, 11) is 0. The third-order valence-electron chi connectivity index (χ3n) is 5.53. The molecule has 3 amide bonds. The standard InChI is InChI=1S/C27H27N3O4S/c1-2-28-25(31)17-34-21-13-11-20(12-14-21)29-27(33)22-8-4-6-10-24(22)35-18-26(32)30-16-15-19-7-3-5-9-23(19)30/h3-14H,2,15-18H2,1H3,(H,28,31)(H,29,33). The van der Waals surface area contributed by atoms with Gasteiger partial charge in [0.15, 0.2) is 6.61 Å². The van der Waals surface area contributed by atoms with Crippen LogP contribution in [0, 0.1) is 0 Å². The summed E-state index contributed by atoms with van der Waals surface area (Å²) in [6.45, 7) is 3.01. The summed E-state index contributed by atoms with van der Waals surface area (Å²) < 4.78 is 5.44. The highest BCUT2D eigenvalue weighted by Crippen LogP contribution is 2.30. The van der Waals surface area contributed by atoms with Crippen molar-refractivity contribution in [2.75, 3.05) is 35.7 Å². The van der Waals surface area contributed by atoms with Crippen molar-refractivity contribution >= 4 is 40.9 Å². The predicted octanol–water partition coefficient (Wildman–Crippen LogP) is 4.14. The Kier molecular flexibility index (Phi) is 8.05. The van der Waals surface area contributed by atoms with Crippen LogP contribution in [0.3, 0.4) is 0 Å². The minimum Gasteiger partial charge on any atom is -0.484 e. The van der Waals surface area contributed by atoms with Gasteiger partial charge in [-0.05, 0) is 61.4 Å². The Labute approximate surface area is 208 Å². The number of anilines is 2. The summed E-state index contributed by atoms with van der Waals surface area (Å²) in [6, 6.07) is 22.0. The van der Waals surface area contributed by atoms with E-state index in [1.165, 1.54) is 17.3 Å². The zero-order chi connectivity index (χ0) is 24.6. The van der Waals surface area contributed by atoms with Gasteiger partial charge in [-0.25, -0.2) is 0 Å². The summed E-state index contributed by atoms with van der Waals surface area (Å²) in [5, 5.41) is 5.55. The van der Waals surface area contributed by atoms with E-state index in [1.807, 2.05) is 42.2 Å². The van der Waals surface area contributed by atoms with Crippen LogP contribution in [-0.4, -0.2) is 43.2 Å². The number of nitrogens with zero attached hydrogens (tertiary/aromatic N) is 1. The number of ether oxygens (including phenoxy) is 1. The van der Waals surface area contributed by atoms with Crippen molar-refractivity contribution in [2.24, 2.45) is 0 Å². The van der Waals surface area contributed by atoms with Crippen molar-refractivity contribution in [3.8, 4) is 5.75 Å². The highest BCUT2D eigenvalue weighted by Gasteiger charge is 2.24. The topological polar surface area (TPSA) is 87.7 Å². The molecule has 3 aromatic carbocycles. The lowest BCUT2D eigenvalue weighted by Gasteiger charge is -2.17. The lowest BCUT2D eigenvalue weighted by Crippen LogP contribution is -2.30. The number of para-hydroxylation sites is 1. The summed E-state index contributed by atoms with van der Waals surface area (Å²) in [5.41, 5.74) is 3.27. The van der Waals surface area contributed by atoms with E-state index in [1.54, 1.807) is 36.4 Å². The van der Waals surface area contributed by atoms with E-state index in [9.17, 15) is 14.4 Å². The molecule has 35 heavy (non-hydrogen) atoms. The molecule has 0 radical (unpaired) electrons. The summed E-state index contributed by atoms with van der Waals surface area (Å²) in [6.07, 6.45) is 0.862. The van der Waals surface area contributed by atoms with Crippen LogP contribution in [0.4, 0.5) is 11.4 Å². The van der Waals surface area contributed by atoms with E-state index in [2.05, 4.69) is 16.7 Å². The molecule has 3 aromatic rings. The zero-order valence-corrected chi connectivity index (χ0v) is 20.3. The largest absolute Gasteiger partial charge is 0.484 e. The van der Waals surface area contributed by atoms with Gasteiger partial charge in [-0.1, -0.05) is 30.3 Å². The third-order valence-corrected chi connectivity index (χ3v) is 6.59. The predicted molar refractivity (Wildman–Crippen MR) is 138 cm³/mol. The zero-order valence-electron chi connectivity index (χ0n) is 19.5. The number of carbonyl (C=O) groups excluding carboxylic acids is 3. The number of nitrogens with one attached hydrogen (secondary N) is 2. The number of fused-ring (bicyclic) bond motifs is 1. The lowest BCUT2D eigenvalue weighted by molar-refractivity contribution is -0.123. The molecule has 0 aliphatic carbocycles. The number of amides is 3. The van der Waals surface area contributed by atoms with E-state index in [0.29, 0.717) is 30.1 Å². The Morgan fingerprint density at radius 1 is 0.971 bits per heavy atom. The van der Waals surface area contributed by atoms with E-state index in [-0.39, 0.29) is 30.1 Å². The average molecular weight is 490 g/mol. The second kappa shape index (κ2) is 11.6. The molecule has 0 saturated carbocycles. The second-order valence-corrected chi connectivity index (χ2v) is 8.95. The normalized spacial score (nSPS) is 12.1. The molecule has 1 heterocycles. The molecule has 180 valence electrons. The number of hydrogen-bond donors (Lipinski definition) is 2. The Hall–Kier alpha value is -3.78. The van der Waals surface area contributed by atoms with Crippen LogP contribution >= 0.6 is 11.8 Å². The quantitative estimate of drug-likeness (QED) is 0.441. The van der Waals surface area contributed by atoms with Gasteiger partial charge >= 0.3 is 0 Å². The molecular weight excluding hydrogens is 462 g/mol. The fraction of sp³-hybridized carbons (Fsp3) is 0.222. The molecule has 8 heteroatoms. The van der Waals surface area contributed by atoms with Gasteiger partial charge in [-0.15, -0.1) is 11.8 Å². The summed E-state index contributed by atoms with van der Waals surface area (Å²) in [5.74, 6) is 0.357. The van der Waals surface area contributed by atoms with Crippen LogP contribution in [0.5, 0.6) is 5.75 Å². The number of hydrogen-bond acceptors (Lipinski definition) is 5. The van der Waals surface area contributed by atoms with E-state index in [4.69, 9.17) is 4.74 Å². The van der Waals surface area contributed by atoms with Crippen LogP contribution in [0.2, 0.25) is 0 Å². The molecule has 0 spiro atoms. The van der Waals surface area contributed by atoms with E-state index < -0.39 is 0 Å². The van der Waals surface area contributed by atoms with E-state index in [0.717, 1.165) is 17.0 Å². The van der Waals surface area contributed by atoms with Gasteiger partial charge in [0.2, 0.25) is 5.91 Å². The van der Waals surface area contributed by atoms with Gasteiger partial charge in [-0.3, -0.25) is 14.4 Å². The molecular formula is C27H27N3O4S. The van der Waals surface area contributed by atoms with Gasteiger partial charge in [0.05, 0.1) is 11.3 Å². The molecule has 4 rings (SSSR count). The average Bonchev–Trinajstić information content (AvgIpc) is 3.31. The number of carbonyl (C=O) groups is 3. The molecule has 7 nitrogen and oxygen atoms in total. The molecule has 0 bridgehead atoms. The van der Waals surface area contributed by atoms with Crippen molar-refractivity contribution in [1.82, 2.24) is 5.32 Å². The number of thioether (sulfide) groups is 1. The smallest absolute Gasteiger partial charge is 0.257 e. The van der Waals surface area contributed by atoms with Crippen molar-refractivity contribution in [2.45, 2.75) is 18.2 Å². The molecule has 0 aromatic heterocycles. The molecule has 0 fully saturated rings. The Bertz CT molecular complexity index is 1210. The van der Waals surface area contributed by atoms with Crippen molar-refractivity contribution in [3.63, 3.8) is 0 Å². The first kappa shape index (κ1) is 24.3. The Balaban J connectivity index is 1.35. The Morgan fingerprint density at radius 2 is 1.71 bits per heavy atom. The maximum atomic E-state index is 13.0. The van der Waals surface area contributed by atoms with E-state index >= 15 is 0 Å². The summed E-state index contributed by atoms with van der Waals surface area (Å²) in [4.78, 5) is 39.9. The molecule has 0 atom stereocenters. The van der Waals surface area contributed by atoms with Gasteiger partial charge in [-0.2, -0.15) is 0 Å². The highest BCUT2D eigenvalue weighted by atomic mass is 32.2. The fourth-order valence-electron chi connectivity index (χ4n) is 3.82. The SMILES string of the molecule is CCNC(=O)COc1ccc(NC(=O)c2ccccc2SCC(=O)N2CCc3ccccc32)cc1. The van der Waals surface area contributed by atoms with Crippen LogP contribution in [-0.2, 0) is 16.0 Å². The Morgan fingerprint density at radius 3 is 2.51 bits per heavy atom.